The number of carbonyl (C=O) groups excluding carboxylic acids is 1. The molecule has 1 heterocycles. The van der Waals surface area contributed by atoms with Crippen LogP contribution in [0.15, 0.2) is 18.3 Å². The summed E-state index contributed by atoms with van der Waals surface area (Å²) in [5.41, 5.74) is 0.686. The van der Waals surface area contributed by atoms with Crippen molar-refractivity contribution in [1.82, 2.24) is 10.3 Å². The fraction of sp³-hybridized carbons (Fsp3) is 0.538. The van der Waals surface area contributed by atoms with Gasteiger partial charge < -0.3 is 4.74 Å². The smallest absolute Gasteiger partial charge is 0.323 e. The summed E-state index contributed by atoms with van der Waals surface area (Å²) in [6.45, 7) is 5.73. The summed E-state index contributed by atoms with van der Waals surface area (Å²) in [5.74, 6) is -0.585. The lowest BCUT2D eigenvalue weighted by molar-refractivity contribution is -0.144. The minimum absolute atomic E-state index is 0.0975. The molecule has 0 aromatic carbocycles. The van der Waals surface area contributed by atoms with Gasteiger partial charge in [0.25, 0.3) is 0 Å². The van der Waals surface area contributed by atoms with E-state index in [4.69, 9.17) is 4.74 Å². The van der Waals surface area contributed by atoms with Crippen molar-refractivity contribution in [2.24, 2.45) is 5.92 Å². The van der Waals surface area contributed by atoms with Crippen LogP contribution in [0, 0.1) is 11.7 Å². The highest BCUT2D eigenvalue weighted by Gasteiger charge is 2.25. The molecule has 1 rings (SSSR count). The molecule has 100 valence electrons. The van der Waals surface area contributed by atoms with E-state index in [1.165, 1.54) is 13.2 Å². The van der Waals surface area contributed by atoms with Crippen molar-refractivity contribution in [2.75, 3.05) is 7.11 Å². The zero-order valence-corrected chi connectivity index (χ0v) is 11.1. The van der Waals surface area contributed by atoms with Crippen molar-refractivity contribution in [3.8, 4) is 0 Å². The second kappa shape index (κ2) is 6.44. The molecule has 2 atom stereocenters. The summed E-state index contributed by atoms with van der Waals surface area (Å²) in [5, 5.41) is 3.14. The average Bonchev–Trinajstić information content (AvgIpc) is 2.35. The zero-order valence-electron chi connectivity index (χ0n) is 11.1. The quantitative estimate of drug-likeness (QED) is 0.817. The molecule has 1 unspecified atom stereocenters. The maximum Gasteiger partial charge on any atom is 0.323 e. The molecule has 1 aromatic heterocycles. The Morgan fingerprint density at radius 1 is 1.39 bits per heavy atom. The number of ether oxygens (including phenoxy) is 1. The van der Waals surface area contributed by atoms with Crippen molar-refractivity contribution < 1.29 is 13.9 Å². The van der Waals surface area contributed by atoms with Crippen LogP contribution < -0.4 is 5.32 Å². The van der Waals surface area contributed by atoms with Gasteiger partial charge in [0.15, 0.2) is 0 Å². The predicted molar refractivity (Wildman–Crippen MR) is 66.4 cm³/mol. The number of hydrogen-bond acceptors (Lipinski definition) is 4. The number of methoxy groups -OCH3 is 1. The molecule has 0 aliphatic heterocycles. The summed E-state index contributed by atoms with van der Waals surface area (Å²) in [6, 6.07) is 2.39. The number of nitrogens with one attached hydrogen (secondary N) is 1. The lowest BCUT2D eigenvalue weighted by atomic mass is 10.0. The Balaban J connectivity index is 2.75. The third-order valence-electron chi connectivity index (χ3n) is 2.75. The molecule has 4 nitrogen and oxygen atoms in total. The lowest BCUT2D eigenvalue weighted by Gasteiger charge is -2.23. The van der Waals surface area contributed by atoms with Crippen LogP contribution in [-0.4, -0.2) is 24.1 Å². The number of pyridine rings is 1. The molecule has 1 N–H and O–H groups in total. The van der Waals surface area contributed by atoms with Gasteiger partial charge in [-0.2, -0.15) is 0 Å². The van der Waals surface area contributed by atoms with Crippen LogP contribution in [0.1, 0.15) is 32.5 Å². The molecule has 0 radical (unpaired) electrons. The first-order chi connectivity index (χ1) is 8.45. The molecule has 0 fully saturated rings. The molecule has 0 amide bonds. The van der Waals surface area contributed by atoms with E-state index < -0.39 is 6.04 Å². The lowest BCUT2D eigenvalue weighted by Crippen LogP contribution is -2.43. The fourth-order valence-corrected chi connectivity index (χ4v) is 1.66. The minimum Gasteiger partial charge on any atom is -0.468 e. The van der Waals surface area contributed by atoms with Crippen LogP contribution >= 0.6 is 0 Å². The Hall–Kier alpha value is -1.49. The normalized spacial score (nSPS) is 14.3. The van der Waals surface area contributed by atoms with Crippen LogP contribution in [0.25, 0.3) is 0 Å². The minimum atomic E-state index is -0.406. The van der Waals surface area contributed by atoms with E-state index in [1.54, 1.807) is 6.07 Å². The van der Waals surface area contributed by atoms with E-state index >= 15 is 0 Å². The highest BCUT2D eigenvalue weighted by Crippen LogP contribution is 2.14. The van der Waals surface area contributed by atoms with Crippen molar-refractivity contribution >= 4 is 5.97 Å². The molecule has 0 saturated carbocycles. The van der Waals surface area contributed by atoms with Crippen molar-refractivity contribution in [3.63, 3.8) is 0 Å². The molecule has 0 saturated heterocycles. The monoisotopic (exact) mass is 254 g/mol. The maximum atomic E-state index is 12.8. The molecule has 0 aliphatic rings. The highest BCUT2D eigenvalue weighted by molar-refractivity contribution is 5.76. The van der Waals surface area contributed by atoms with E-state index in [2.05, 4.69) is 10.3 Å². The second-order valence-electron chi connectivity index (χ2n) is 4.53. The fourth-order valence-electron chi connectivity index (χ4n) is 1.66. The summed E-state index contributed by atoms with van der Waals surface area (Å²) < 4.78 is 17.5. The second-order valence-corrected chi connectivity index (χ2v) is 4.53. The molecule has 0 bridgehead atoms. The number of hydrogen-bond donors (Lipinski definition) is 1. The van der Waals surface area contributed by atoms with Gasteiger partial charge in [0.2, 0.25) is 0 Å². The molecule has 0 spiro atoms. The number of esters is 1. The average molecular weight is 254 g/mol. The number of rotatable bonds is 5. The van der Waals surface area contributed by atoms with Gasteiger partial charge in [-0.05, 0) is 25.0 Å². The first kappa shape index (κ1) is 14.6. The standard InChI is InChI=1S/C13H19FN2O2/c1-8(2)12(13(17)18-4)16-9(3)11-6-5-10(14)7-15-11/h5-9,12,16H,1-4H3/t9?,12-/m0/s1. The van der Waals surface area contributed by atoms with Crippen molar-refractivity contribution in [2.45, 2.75) is 32.9 Å². The van der Waals surface area contributed by atoms with Crippen molar-refractivity contribution in [3.05, 3.63) is 29.8 Å². The summed E-state index contributed by atoms with van der Waals surface area (Å²) >= 11 is 0. The Morgan fingerprint density at radius 2 is 2.06 bits per heavy atom. The van der Waals surface area contributed by atoms with Gasteiger partial charge in [-0.1, -0.05) is 13.8 Å². The van der Waals surface area contributed by atoms with Crippen LogP contribution in [0.3, 0.4) is 0 Å². The predicted octanol–water partition coefficient (Wildman–Crippen LogP) is 2.07. The number of halogens is 1. The van der Waals surface area contributed by atoms with E-state index in [0.717, 1.165) is 6.20 Å². The van der Waals surface area contributed by atoms with E-state index in [-0.39, 0.29) is 23.7 Å². The topological polar surface area (TPSA) is 51.2 Å². The zero-order chi connectivity index (χ0) is 13.7. The Morgan fingerprint density at radius 3 is 2.50 bits per heavy atom. The maximum absolute atomic E-state index is 12.8. The first-order valence-corrected chi connectivity index (χ1v) is 5.91. The number of carbonyl (C=O) groups is 1. The molecule has 0 aliphatic carbocycles. The van der Waals surface area contributed by atoms with Gasteiger partial charge in [0.1, 0.15) is 11.9 Å². The van der Waals surface area contributed by atoms with E-state index in [9.17, 15) is 9.18 Å². The summed E-state index contributed by atoms with van der Waals surface area (Å²) in [7, 11) is 1.36. The molecular weight excluding hydrogens is 235 g/mol. The van der Waals surface area contributed by atoms with Gasteiger partial charge in [0, 0.05) is 6.04 Å². The van der Waals surface area contributed by atoms with Crippen LogP contribution in [0.2, 0.25) is 0 Å². The van der Waals surface area contributed by atoms with Gasteiger partial charge in [-0.15, -0.1) is 0 Å². The van der Waals surface area contributed by atoms with Crippen LogP contribution in [-0.2, 0) is 9.53 Å². The SMILES string of the molecule is COC(=O)[C@@H](NC(C)c1ccc(F)cn1)C(C)C. The summed E-state index contributed by atoms with van der Waals surface area (Å²) in [6.07, 6.45) is 1.16. The molecule has 18 heavy (non-hydrogen) atoms. The third kappa shape index (κ3) is 3.77. The third-order valence-corrected chi connectivity index (χ3v) is 2.75. The van der Waals surface area contributed by atoms with Crippen LogP contribution in [0.4, 0.5) is 4.39 Å². The van der Waals surface area contributed by atoms with E-state index in [0.29, 0.717) is 5.69 Å². The first-order valence-electron chi connectivity index (χ1n) is 5.91. The highest BCUT2D eigenvalue weighted by atomic mass is 19.1. The Bertz CT molecular complexity index is 392. The van der Waals surface area contributed by atoms with Gasteiger partial charge in [-0.3, -0.25) is 15.1 Å². The molecule has 1 aromatic rings. The number of aromatic nitrogens is 1. The molecule has 5 heteroatoms. The Kier molecular flexibility index (Phi) is 5.22. The number of nitrogens with zero attached hydrogens (tertiary/aromatic N) is 1. The van der Waals surface area contributed by atoms with Gasteiger partial charge in [-0.25, -0.2) is 4.39 Å². The van der Waals surface area contributed by atoms with Crippen molar-refractivity contribution in [1.29, 1.82) is 0 Å². The largest absolute Gasteiger partial charge is 0.468 e. The van der Waals surface area contributed by atoms with Gasteiger partial charge >= 0.3 is 5.97 Å². The molecular formula is C13H19FN2O2. The Labute approximate surface area is 107 Å². The van der Waals surface area contributed by atoms with E-state index in [1.807, 2.05) is 20.8 Å². The summed E-state index contributed by atoms with van der Waals surface area (Å²) in [4.78, 5) is 15.6. The van der Waals surface area contributed by atoms with Gasteiger partial charge in [0.05, 0.1) is 19.0 Å². The van der Waals surface area contributed by atoms with Crippen LogP contribution in [0.5, 0.6) is 0 Å².